The van der Waals surface area contributed by atoms with Gasteiger partial charge in [0.15, 0.2) is 0 Å². The average Bonchev–Trinajstić information content (AvgIpc) is 3.00. The highest BCUT2D eigenvalue weighted by molar-refractivity contribution is 5.98. The first-order valence-corrected chi connectivity index (χ1v) is 7.21. The molecule has 2 aromatic rings. The summed E-state index contributed by atoms with van der Waals surface area (Å²) in [6, 6.07) is 3.35. The number of rotatable bonds is 5. The van der Waals surface area contributed by atoms with Crippen molar-refractivity contribution in [2.75, 3.05) is 6.61 Å². The van der Waals surface area contributed by atoms with Gasteiger partial charge in [-0.25, -0.2) is 0 Å². The number of nitrogens with zero attached hydrogens (tertiary/aromatic N) is 4. The Labute approximate surface area is 129 Å². The van der Waals surface area contributed by atoms with E-state index in [4.69, 9.17) is 0 Å². The molecular formula is C15H21N5O2. The molecular weight excluding hydrogens is 282 g/mol. The van der Waals surface area contributed by atoms with Crippen LogP contribution in [0.5, 0.6) is 0 Å². The highest BCUT2D eigenvalue weighted by atomic mass is 16.3. The quantitative estimate of drug-likeness (QED) is 0.860. The molecule has 1 unspecified atom stereocenters. The van der Waals surface area contributed by atoms with Gasteiger partial charge in [0.25, 0.3) is 5.91 Å². The van der Waals surface area contributed by atoms with Crippen molar-refractivity contribution in [2.45, 2.75) is 33.7 Å². The molecule has 1 atom stereocenters. The van der Waals surface area contributed by atoms with Crippen LogP contribution in [0.3, 0.4) is 0 Å². The van der Waals surface area contributed by atoms with Crippen LogP contribution in [0.1, 0.15) is 35.3 Å². The fourth-order valence-electron chi connectivity index (χ4n) is 2.21. The van der Waals surface area contributed by atoms with Crippen molar-refractivity contribution in [2.24, 2.45) is 5.92 Å². The summed E-state index contributed by atoms with van der Waals surface area (Å²) in [5.41, 5.74) is 3.12. The van der Waals surface area contributed by atoms with Crippen molar-refractivity contribution in [1.82, 2.24) is 25.5 Å². The number of amides is 1. The van der Waals surface area contributed by atoms with Gasteiger partial charge in [0.05, 0.1) is 23.9 Å². The summed E-state index contributed by atoms with van der Waals surface area (Å²) in [7, 11) is 0. The van der Waals surface area contributed by atoms with Crippen LogP contribution in [0, 0.1) is 19.8 Å². The van der Waals surface area contributed by atoms with Crippen LogP contribution < -0.4 is 5.32 Å². The summed E-state index contributed by atoms with van der Waals surface area (Å²) in [6.45, 7) is 7.69. The Morgan fingerprint density at radius 3 is 2.64 bits per heavy atom. The third-order valence-corrected chi connectivity index (χ3v) is 3.84. The molecule has 1 amide bonds. The summed E-state index contributed by atoms with van der Waals surface area (Å²) in [5, 5.41) is 23.4. The minimum Gasteiger partial charge on any atom is -0.394 e. The van der Waals surface area contributed by atoms with E-state index < -0.39 is 0 Å². The number of carbonyl (C=O) groups is 1. The zero-order valence-corrected chi connectivity index (χ0v) is 13.2. The van der Waals surface area contributed by atoms with E-state index >= 15 is 0 Å². The topological polar surface area (TPSA) is 92.9 Å². The van der Waals surface area contributed by atoms with Gasteiger partial charge in [-0.05, 0) is 47.4 Å². The van der Waals surface area contributed by atoms with Crippen molar-refractivity contribution in [3.8, 4) is 5.69 Å². The zero-order valence-electron chi connectivity index (χ0n) is 13.2. The predicted octanol–water partition coefficient (Wildman–Crippen LogP) is 1.03. The van der Waals surface area contributed by atoms with Gasteiger partial charge < -0.3 is 10.4 Å². The Hall–Kier alpha value is -2.28. The highest BCUT2D eigenvalue weighted by Crippen LogP contribution is 2.22. The van der Waals surface area contributed by atoms with E-state index in [-0.39, 0.29) is 24.5 Å². The molecule has 7 heteroatoms. The maximum Gasteiger partial charge on any atom is 0.253 e. The lowest BCUT2D eigenvalue weighted by atomic mass is 10.0. The number of aromatic nitrogens is 4. The minimum absolute atomic E-state index is 0.103. The van der Waals surface area contributed by atoms with Gasteiger partial charge in [0.2, 0.25) is 0 Å². The lowest BCUT2D eigenvalue weighted by Crippen LogP contribution is -2.41. The molecule has 1 heterocycles. The standard InChI is InChI=1S/C15H21N5O2/c1-9(2)13(7-21)17-15(22)12-6-5-10(3)11(4)14(12)20-8-16-18-19-20/h5-6,8-9,13,21H,7H2,1-4H3,(H,17,22). The molecule has 1 aromatic carbocycles. The molecule has 118 valence electrons. The van der Waals surface area contributed by atoms with E-state index in [9.17, 15) is 9.90 Å². The van der Waals surface area contributed by atoms with Gasteiger partial charge in [-0.15, -0.1) is 5.10 Å². The number of tetrazole rings is 1. The van der Waals surface area contributed by atoms with Crippen molar-refractivity contribution in [3.05, 3.63) is 35.2 Å². The molecule has 7 nitrogen and oxygen atoms in total. The van der Waals surface area contributed by atoms with Crippen molar-refractivity contribution in [3.63, 3.8) is 0 Å². The van der Waals surface area contributed by atoms with Crippen LogP contribution in [0.25, 0.3) is 5.69 Å². The van der Waals surface area contributed by atoms with Gasteiger partial charge in [0.1, 0.15) is 6.33 Å². The van der Waals surface area contributed by atoms with Crippen LogP contribution in [0.15, 0.2) is 18.5 Å². The molecule has 0 aliphatic carbocycles. The fourth-order valence-corrected chi connectivity index (χ4v) is 2.21. The van der Waals surface area contributed by atoms with Crippen LogP contribution in [0.2, 0.25) is 0 Å². The number of aryl methyl sites for hydroxylation is 1. The Morgan fingerprint density at radius 2 is 2.09 bits per heavy atom. The Morgan fingerprint density at radius 1 is 1.36 bits per heavy atom. The maximum absolute atomic E-state index is 12.6. The van der Waals surface area contributed by atoms with Gasteiger partial charge in [-0.2, -0.15) is 4.68 Å². The summed E-state index contributed by atoms with van der Waals surface area (Å²) in [4.78, 5) is 12.6. The van der Waals surface area contributed by atoms with E-state index in [1.165, 1.54) is 11.0 Å². The third-order valence-electron chi connectivity index (χ3n) is 3.84. The first-order valence-electron chi connectivity index (χ1n) is 7.21. The van der Waals surface area contributed by atoms with Crippen molar-refractivity contribution < 1.29 is 9.90 Å². The second kappa shape index (κ2) is 6.65. The summed E-state index contributed by atoms with van der Waals surface area (Å²) in [5.74, 6) is -0.113. The van der Waals surface area contributed by atoms with Crippen LogP contribution in [0.4, 0.5) is 0 Å². The number of benzene rings is 1. The van der Waals surface area contributed by atoms with E-state index in [1.807, 2.05) is 33.8 Å². The second-order valence-corrected chi connectivity index (χ2v) is 5.66. The molecule has 2 rings (SSSR count). The van der Waals surface area contributed by atoms with E-state index in [0.29, 0.717) is 11.3 Å². The smallest absolute Gasteiger partial charge is 0.253 e. The lowest BCUT2D eigenvalue weighted by Gasteiger charge is -2.21. The van der Waals surface area contributed by atoms with Crippen LogP contribution >= 0.6 is 0 Å². The van der Waals surface area contributed by atoms with Gasteiger partial charge in [-0.3, -0.25) is 4.79 Å². The predicted molar refractivity (Wildman–Crippen MR) is 81.8 cm³/mol. The number of aliphatic hydroxyl groups excluding tert-OH is 1. The number of carbonyl (C=O) groups excluding carboxylic acids is 1. The Balaban J connectivity index is 2.43. The molecule has 0 radical (unpaired) electrons. The average molecular weight is 303 g/mol. The number of nitrogens with one attached hydrogen (secondary N) is 1. The number of hydrogen-bond donors (Lipinski definition) is 2. The van der Waals surface area contributed by atoms with Crippen molar-refractivity contribution >= 4 is 5.91 Å². The van der Waals surface area contributed by atoms with Crippen LogP contribution in [-0.4, -0.2) is 43.9 Å². The molecule has 0 aliphatic rings. The minimum atomic E-state index is -0.296. The van der Waals surface area contributed by atoms with Crippen LogP contribution in [-0.2, 0) is 0 Å². The van der Waals surface area contributed by atoms with Gasteiger partial charge in [-0.1, -0.05) is 19.9 Å². The Bertz CT molecular complexity index is 652. The lowest BCUT2D eigenvalue weighted by molar-refractivity contribution is 0.0896. The fraction of sp³-hybridized carbons (Fsp3) is 0.467. The van der Waals surface area contributed by atoms with E-state index in [0.717, 1.165) is 11.1 Å². The Kier molecular flexibility index (Phi) is 4.87. The molecule has 1 aromatic heterocycles. The summed E-state index contributed by atoms with van der Waals surface area (Å²) in [6.07, 6.45) is 1.46. The molecule has 22 heavy (non-hydrogen) atoms. The maximum atomic E-state index is 12.6. The third kappa shape index (κ3) is 3.14. The first kappa shape index (κ1) is 16.1. The van der Waals surface area contributed by atoms with Gasteiger partial charge >= 0.3 is 0 Å². The second-order valence-electron chi connectivity index (χ2n) is 5.66. The zero-order chi connectivity index (χ0) is 16.3. The molecule has 0 saturated heterocycles. The first-order chi connectivity index (χ1) is 10.5. The van der Waals surface area contributed by atoms with E-state index in [1.54, 1.807) is 6.07 Å². The molecule has 0 fully saturated rings. The SMILES string of the molecule is Cc1ccc(C(=O)NC(CO)C(C)C)c(-n2cnnn2)c1C. The van der Waals surface area contributed by atoms with E-state index in [2.05, 4.69) is 20.8 Å². The van der Waals surface area contributed by atoms with Gasteiger partial charge in [0, 0.05) is 0 Å². The molecule has 0 aliphatic heterocycles. The number of aliphatic hydroxyl groups is 1. The molecule has 2 N–H and O–H groups in total. The molecule has 0 saturated carbocycles. The molecule has 0 spiro atoms. The summed E-state index contributed by atoms with van der Waals surface area (Å²) < 4.78 is 1.49. The highest BCUT2D eigenvalue weighted by Gasteiger charge is 2.21. The number of hydrogen-bond acceptors (Lipinski definition) is 5. The summed E-state index contributed by atoms with van der Waals surface area (Å²) >= 11 is 0. The largest absolute Gasteiger partial charge is 0.394 e. The molecule has 0 bridgehead atoms. The van der Waals surface area contributed by atoms with Crippen molar-refractivity contribution in [1.29, 1.82) is 0 Å². The monoisotopic (exact) mass is 303 g/mol. The normalized spacial score (nSPS) is 12.5.